The summed E-state index contributed by atoms with van der Waals surface area (Å²) in [5.74, 6) is -0.143. The lowest BCUT2D eigenvalue weighted by Gasteiger charge is -2.20. The lowest BCUT2D eigenvalue weighted by molar-refractivity contribution is -0.152. The average molecular weight is 247 g/mol. The van der Waals surface area contributed by atoms with Crippen LogP contribution < -0.4 is 5.32 Å². The predicted molar refractivity (Wildman–Crippen MR) is 71.3 cm³/mol. The quantitative estimate of drug-likeness (QED) is 0.834. The van der Waals surface area contributed by atoms with Crippen LogP contribution in [0.2, 0.25) is 0 Å². The summed E-state index contributed by atoms with van der Waals surface area (Å²) in [5, 5.41) is 3.40. The fourth-order valence-electron chi connectivity index (χ4n) is 2.40. The molecule has 3 nitrogen and oxygen atoms in total. The van der Waals surface area contributed by atoms with Gasteiger partial charge in [-0.05, 0) is 39.3 Å². The van der Waals surface area contributed by atoms with E-state index in [2.05, 4.69) is 36.5 Å². The maximum atomic E-state index is 12.0. The Hall–Kier alpha value is -1.35. The van der Waals surface area contributed by atoms with Crippen LogP contribution in [0, 0.1) is 12.8 Å². The summed E-state index contributed by atoms with van der Waals surface area (Å²) in [5.41, 5.74) is 2.40. The van der Waals surface area contributed by atoms with E-state index >= 15 is 0 Å². The smallest absolute Gasteiger partial charge is 0.311 e. The molecule has 98 valence electrons. The van der Waals surface area contributed by atoms with Crippen LogP contribution in [0.25, 0.3) is 0 Å². The third-order valence-corrected chi connectivity index (χ3v) is 3.31. The highest BCUT2D eigenvalue weighted by Crippen LogP contribution is 2.30. The number of benzene rings is 1. The van der Waals surface area contributed by atoms with Gasteiger partial charge in [-0.15, -0.1) is 0 Å². The summed E-state index contributed by atoms with van der Waals surface area (Å²) in [6.07, 6.45) is 0.807. The molecular formula is C15H21NO2. The summed E-state index contributed by atoms with van der Waals surface area (Å²) in [6, 6.07) is 8.44. The Morgan fingerprint density at radius 2 is 2.00 bits per heavy atom. The van der Waals surface area contributed by atoms with Gasteiger partial charge in [-0.25, -0.2) is 0 Å². The molecule has 1 fully saturated rings. The summed E-state index contributed by atoms with van der Waals surface area (Å²) >= 11 is 0. The van der Waals surface area contributed by atoms with Crippen molar-refractivity contribution in [2.75, 3.05) is 6.54 Å². The minimum atomic E-state index is -0.0828. The molecule has 0 spiro atoms. The number of carbonyl (C=O) groups is 1. The minimum absolute atomic E-state index is 0.0447. The standard InChI is InChI=1S/C15H21NO2/c1-10(2)18-15(17)13-8-9-16-14(13)12-6-4-11(3)5-7-12/h4-7,10,13-14,16H,8-9H2,1-3H3/t13-,14-/m0/s1. The van der Waals surface area contributed by atoms with Gasteiger partial charge in [-0.2, -0.15) is 0 Å². The van der Waals surface area contributed by atoms with E-state index in [1.54, 1.807) is 0 Å². The molecule has 0 amide bonds. The molecule has 0 radical (unpaired) electrons. The molecule has 0 aromatic heterocycles. The first-order chi connectivity index (χ1) is 8.58. The second-order valence-electron chi connectivity index (χ2n) is 5.22. The molecule has 3 heteroatoms. The second-order valence-corrected chi connectivity index (χ2v) is 5.22. The second kappa shape index (κ2) is 5.53. The normalized spacial score (nSPS) is 23.3. The van der Waals surface area contributed by atoms with E-state index in [1.807, 2.05) is 13.8 Å². The van der Waals surface area contributed by atoms with Gasteiger partial charge in [0.05, 0.1) is 12.0 Å². The van der Waals surface area contributed by atoms with Crippen LogP contribution >= 0.6 is 0 Å². The van der Waals surface area contributed by atoms with Gasteiger partial charge < -0.3 is 10.1 Å². The van der Waals surface area contributed by atoms with E-state index in [1.165, 1.54) is 11.1 Å². The SMILES string of the molecule is Cc1ccc([C@@H]2NCC[C@@H]2C(=O)OC(C)C)cc1. The molecule has 1 aliphatic heterocycles. The maximum absolute atomic E-state index is 12.0. The third-order valence-electron chi connectivity index (χ3n) is 3.31. The van der Waals surface area contributed by atoms with Crippen LogP contribution in [0.1, 0.15) is 37.4 Å². The van der Waals surface area contributed by atoms with Crippen molar-refractivity contribution >= 4 is 5.97 Å². The Kier molecular flexibility index (Phi) is 4.02. The van der Waals surface area contributed by atoms with E-state index in [9.17, 15) is 4.79 Å². The number of nitrogens with one attached hydrogen (secondary N) is 1. The van der Waals surface area contributed by atoms with Crippen LogP contribution in [-0.2, 0) is 9.53 Å². The maximum Gasteiger partial charge on any atom is 0.311 e. The number of hydrogen-bond acceptors (Lipinski definition) is 3. The predicted octanol–water partition coefficient (Wildman–Crippen LogP) is 2.60. The van der Waals surface area contributed by atoms with Gasteiger partial charge in [-0.3, -0.25) is 4.79 Å². The van der Waals surface area contributed by atoms with Crippen molar-refractivity contribution in [2.45, 2.75) is 39.3 Å². The molecule has 0 bridgehead atoms. The molecule has 2 rings (SSSR count). The van der Waals surface area contributed by atoms with Crippen molar-refractivity contribution in [3.05, 3.63) is 35.4 Å². The molecule has 2 atom stereocenters. The molecule has 1 saturated heterocycles. The van der Waals surface area contributed by atoms with E-state index in [0.29, 0.717) is 0 Å². The van der Waals surface area contributed by atoms with Crippen LogP contribution in [0.15, 0.2) is 24.3 Å². The fraction of sp³-hybridized carbons (Fsp3) is 0.533. The van der Waals surface area contributed by atoms with Crippen molar-refractivity contribution in [3.8, 4) is 0 Å². The molecule has 18 heavy (non-hydrogen) atoms. The molecular weight excluding hydrogens is 226 g/mol. The Labute approximate surface area is 109 Å². The van der Waals surface area contributed by atoms with Gasteiger partial charge in [0.2, 0.25) is 0 Å². The molecule has 1 aliphatic rings. The number of rotatable bonds is 3. The largest absolute Gasteiger partial charge is 0.463 e. The Morgan fingerprint density at radius 3 is 2.61 bits per heavy atom. The van der Waals surface area contributed by atoms with Gasteiger partial charge in [0.1, 0.15) is 0 Å². The van der Waals surface area contributed by atoms with E-state index < -0.39 is 0 Å². The molecule has 1 heterocycles. The molecule has 0 unspecified atom stereocenters. The van der Waals surface area contributed by atoms with Crippen molar-refractivity contribution < 1.29 is 9.53 Å². The summed E-state index contributed by atoms with van der Waals surface area (Å²) in [7, 11) is 0. The minimum Gasteiger partial charge on any atom is -0.463 e. The van der Waals surface area contributed by atoms with Crippen LogP contribution in [0.5, 0.6) is 0 Å². The van der Waals surface area contributed by atoms with Gasteiger partial charge in [0.15, 0.2) is 0 Å². The number of aryl methyl sites for hydroxylation is 1. The number of carbonyl (C=O) groups excluding carboxylic acids is 1. The molecule has 0 saturated carbocycles. The van der Waals surface area contributed by atoms with Crippen molar-refractivity contribution in [1.82, 2.24) is 5.32 Å². The highest BCUT2D eigenvalue weighted by atomic mass is 16.5. The van der Waals surface area contributed by atoms with Gasteiger partial charge in [-0.1, -0.05) is 29.8 Å². The Balaban J connectivity index is 2.12. The number of hydrogen-bond donors (Lipinski definition) is 1. The van der Waals surface area contributed by atoms with Gasteiger partial charge in [0.25, 0.3) is 0 Å². The average Bonchev–Trinajstić information content (AvgIpc) is 2.78. The van der Waals surface area contributed by atoms with E-state index in [0.717, 1.165) is 13.0 Å². The molecule has 0 aliphatic carbocycles. The first kappa shape index (κ1) is 13.1. The third kappa shape index (κ3) is 2.91. The number of esters is 1. The highest BCUT2D eigenvalue weighted by Gasteiger charge is 2.35. The van der Waals surface area contributed by atoms with E-state index in [4.69, 9.17) is 4.74 Å². The zero-order valence-electron chi connectivity index (χ0n) is 11.3. The Morgan fingerprint density at radius 1 is 1.33 bits per heavy atom. The van der Waals surface area contributed by atoms with Gasteiger partial charge in [0, 0.05) is 6.04 Å². The Bertz CT molecular complexity index is 411. The first-order valence-electron chi connectivity index (χ1n) is 6.58. The first-order valence-corrected chi connectivity index (χ1v) is 6.58. The number of ether oxygens (including phenoxy) is 1. The molecule has 1 N–H and O–H groups in total. The summed E-state index contributed by atoms with van der Waals surface area (Å²) < 4.78 is 5.33. The highest BCUT2D eigenvalue weighted by molar-refractivity contribution is 5.74. The zero-order chi connectivity index (χ0) is 13.1. The van der Waals surface area contributed by atoms with Crippen molar-refractivity contribution in [2.24, 2.45) is 5.92 Å². The summed E-state index contributed by atoms with van der Waals surface area (Å²) in [4.78, 5) is 12.0. The molecule has 1 aromatic rings. The van der Waals surface area contributed by atoms with Crippen LogP contribution in [0.4, 0.5) is 0 Å². The lowest BCUT2D eigenvalue weighted by atomic mass is 9.94. The monoisotopic (exact) mass is 247 g/mol. The van der Waals surface area contributed by atoms with Crippen LogP contribution in [-0.4, -0.2) is 18.6 Å². The zero-order valence-corrected chi connectivity index (χ0v) is 11.3. The van der Waals surface area contributed by atoms with Crippen molar-refractivity contribution in [3.63, 3.8) is 0 Å². The summed E-state index contributed by atoms with van der Waals surface area (Å²) in [6.45, 7) is 6.72. The molecule has 1 aromatic carbocycles. The van der Waals surface area contributed by atoms with Crippen LogP contribution in [0.3, 0.4) is 0 Å². The van der Waals surface area contributed by atoms with Gasteiger partial charge >= 0.3 is 5.97 Å². The van der Waals surface area contributed by atoms with Crippen molar-refractivity contribution in [1.29, 1.82) is 0 Å². The lowest BCUT2D eigenvalue weighted by Crippen LogP contribution is -2.27. The fourth-order valence-corrected chi connectivity index (χ4v) is 2.40. The van der Waals surface area contributed by atoms with E-state index in [-0.39, 0.29) is 24.0 Å². The topological polar surface area (TPSA) is 38.3 Å².